The fraction of sp³-hybridized carbons (Fsp3) is 0.300. The number of halogens is 1. The van der Waals surface area contributed by atoms with Crippen molar-refractivity contribution >= 4 is 16.6 Å². The molecule has 74 valence electrons. The van der Waals surface area contributed by atoms with Crippen molar-refractivity contribution in [2.45, 2.75) is 13.1 Å². The summed E-state index contributed by atoms with van der Waals surface area (Å²) in [6.07, 6.45) is -1.07. The van der Waals surface area contributed by atoms with E-state index in [1.807, 2.05) is 12.1 Å². The van der Waals surface area contributed by atoms with Gasteiger partial charge in [-0.2, -0.15) is 5.10 Å². The molecular weight excluding hydrogens is 181 g/mol. The number of hydrogen-bond acceptors (Lipinski definition) is 2. The van der Waals surface area contributed by atoms with Gasteiger partial charge >= 0.3 is 0 Å². The van der Waals surface area contributed by atoms with E-state index in [1.54, 1.807) is 17.8 Å². The maximum absolute atomic E-state index is 13.2. The molecular formula is C10H12FN3. The molecule has 0 aliphatic rings. The number of nitrogens with zero attached hydrogens (tertiary/aromatic N) is 2. The Morgan fingerprint density at radius 2 is 2.21 bits per heavy atom. The van der Waals surface area contributed by atoms with Crippen LogP contribution < -0.4 is 5.73 Å². The highest BCUT2D eigenvalue weighted by Crippen LogP contribution is 2.28. The molecule has 4 heteroatoms. The highest BCUT2D eigenvalue weighted by molar-refractivity contribution is 5.91. The number of fused-ring (bicyclic) bond motifs is 1. The second-order valence-electron chi connectivity index (χ2n) is 3.37. The highest BCUT2D eigenvalue weighted by Gasteiger charge is 2.14. The zero-order chi connectivity index (χ0) is 10.3. The van der Waals surface area contributed by atoms with Crippen molar-refractivity contribution in [3.05, 3.63) is 23.9 Å². The summed E-state index contributed by atoms with van der Waals surface area (Å²) >= 11 is 0. The van der Waals surface area contributed by atoms with Crippen LogP contribution in [0.4, 0.5) is 10.1 Å². The number of rotatable bonds is 1. The zero-order valence-corrected chi connectivity index (χ0v) is 8.16. The predicted octanol–water partition coefficient (Wildman–Crippen LogP) is 2.19. The molecule has 0 saturated heterocycles. The van der Waals surface area contributed by atoms with Gasteiger partial charge in [-0.15, -0.1) is 0 Å². The van der Waals surface area contributed by atoms with Gasteiger partial charge in [0.25, 0.3) is 0 Å². The molecule has 3 nitrogen and oxygen atoms in total. The first-order valence-corrected chi connectivity index (χ1v) is 4.46. The van der Waals surface area contributed by atoms with E-state index in [0.717, 1.165) is 10.9 Å². The third-order valence-electron chi connectivity index (χ3n) is 2.30. The molecule has 1 aromatic heterocycles. The number of benzene rings is 1. The third-order valence-corrected chi connectivity index (χ3v) is 2.30. The van der Waals surface area contributed by atoms with Crippen molar-refractivity contribution in [3.8, 4) is 0 Å². The normalized spacial score (nSPS) is 13.4. The molecule has 0 radical (unpaired) electrons. The molecule has 2 aromatic rings. The topological polar surface area (TPSA) is 43.8 Å². The lowest BCUT2D eigenvalue weighted by Crippen LogP contribution is -1.94. The summed E-state index contributed by atoms with van der Waals surface area (Å²) in [5, 5.41) is 4.91. The van der Waals surface area contributed by atoms with Gasteiger partial charge < -0.3 is 5.73 Å². The van der Waals surface area contributed by atoms with Crippen LogP contribution in [0.5, 0.6) is 0 Å². The molecule has 1 atom stereocenters. The van der Waals surface area contributed by atoms with Crippen LogP contribution in [0.15, 0.2) is 18.2 Å². The Hall–Kier alpha value is -1.58. The number of nitrogen functional groups attached to an aromatic ring is 1. The molecule has 0 spiro atoms. The van der Waals surface area contributed by atoms with Gasteiger partial charge in [-0.05, 0) is 13.0 Å². The Balaban J connectivity index is 2.84. The minimum atomic E-state index is -1.07. The second-order valence-corrected chi connectivity index (χ2v) is 3.37. The molecule has 14 heavy (non-hydrogen) atoms. The molecule has 1 heterocycles. The van der Waals surface area contributed by atoms with Crippen LogP contribution in [0.25, 0.3) is 10.9 Å². The van der Waals surface area contributed by atoms with Crippen LogP contribution in [0.3, 0.4) is 0 Å². The van der Waals surface area contributed by atoms with Crippen molar-refractivity contribution in [1.82, 2.24) is 9.78 Å². The van der Waals surface area contributed by atoms with Crippen LogP contribution in [0.1, 0.15) is 18.8 Å². The molecule has 0 aliphatic heterocycles. The molecule has 0 saturated carbocycles. The van der Waals surface area contributed by atoms with E-state index >= 15 is 0 Å². The van der Waals surface area contributed by atoms with Gasteiger partial charge in [0, 0.05) is 12.4 Å². The van der Waals surface area contributed by atoms with E-state index in [9.17, 15) is 4.39 Å². The van der Waals surface area contributed by atoms with Crippen molar-refractivity contribution in [1.29, 1.82) is 0 Å². The van der Waals surface area contributed by atoms with E-state index in [4.69, 9.17) is 5.73 Å². The number of para-hydroxylation sites is 1. The van der Waals surface area contributed by atoms with Crippen molar-refractivity contribution < 1.29 is 4.39 Å². The van der Waals surface area contributed by atoms with E-state index in [-0.39, 0.29) is 0 Å². The Bertz CT molecular complexity index is 473. The fourth-order valence-corrected chi connectivity index (χ4v) is 1.69. The zero-order valence-electron chi connectivity index (χ0n) is 8.16. The maximum atomic E-state index is 13.2. The van der Waals surface area contributed by atoms with Gasteiger partial charge in [-0.1, -0.05) is 12.1 Å². The fourth-order valence-electron chi connectivity index (χ4n) is 1.69. The van der Waals surface area contributed by atoms with Crippen LogP contribution in [-0.2, 0) is 7.05 Å². The quantitative estimate of drug-likeness (QED) is 0.705. The van der Waals surface area contributed by atoms with Crippen LogP contribution >= 0.6 is 0 Å². The number of alkyl halides is 1. The minimum absolute atomic E-state index is 0.454. The summed E-state index contributed by atoms with van der Waals surface area (Å²) in [5.74, 6) is 0. The highest BCUT2D eigenvalue weighted by atomic mass is 19.1. The first kappa shape index (κ1) is 8.99. The SMILES string of the molecule is CC(F)c1nn(C)c2c(N)cccc12. The lowest BCUT2D eigenvalue weighted by atomic mass is 10.1. The first-order chi connectivity index (χ1) is 6.61. The van der Waals surface area contributed by atoms with Crippen LogP contribution in [0.2, 0.25) is 0 Å². The average Bonchev–Trinajstić information content (AvgIpc) is 2.45. The van der Waals surface area contributed by atoms with Crippen LogP contribution in [0, 0.1) is 0 Å². The molecule has 0 bridgehead atoms. The average molecular weight is 193 g/mol. The minimum Gasteiger partial charge on any atom is -0.397 e. The number of nitrogens with two attached hydrogens (primary N) is 1. The largest absolute Gasteiger partial charge is 0.397 e. The molecule has 2 N–H and O–H groups in total. The predicted molar refractivity (Wildman–Crippen MR) is 54.6 cm³/mol. The lowest BCUT2D eigenvalue weighted by molar-refractivity contribution is 0.365. The van der Waals surface area contributed by atoms with E-state index in [0.29, 0.717) is 11.4 Å². The Labute approximate surface area is 81.3 Å². The van der Waals surface area contributed by atoms with Crippen molar-refractivity contribution in [2.75, 3.05) is 5.73 Å². The monoisotopic (exact) mass is 193 g/mol. The molecule has 1 unspecified atom stereocenters. The maximum Gasteiger partial charge on any atom is 0.142 e. The Morgan fingerprint density at radius 3 is 2.86 bits per heavy atom. The number of hydrogen-bond donors (Lipinski definition) is 1. The standard InChI is InChI=1S/C10H12FN3/c1-6(11)9-7-4-3-5-8(12)10(7)14(2)13-9/h3-6H,12H2,1-2H3. The smallest absolute Gasteiger partial charge is 0.142 e. The number of anilines is 1. The van der Waals surface area contributed by atoms with Crippen molar-refractivity contribution in [3.63, 3.8) is 0 Å². The van der Waals surface area contributed by atoms with Gasteiger partial charge in [0.2, 0.25) is 0 Å². The summed E-state index contributed by atoms with van der Waals surface area (Å²) in [6.45, 7) is 1.48. The van der Waals surface area contributed by atoms with Crippen molar-refractivity contribution in [2.24, 2.45) is 7.05 Å². The summed E-state index contributed by atoms with van der Waals surface area (Å²) in [5.41, 5.74) is 7.67. The number of aromatic nitrogens is 2. The van der Waals surface area contributed by atoms with Gasteiger partial charge in [0.05, 0.1) is 11.2 Å². The van der Waals surface area contributed by atoms with E-state index < -0.39 is 6.17 Å². The summed E-state index contributed by atoms with van der Waals surface area (Å²) in [6, 6.07) is 5.44. The number of aryl methyl sites for hydroxylation is 1. The third kappa shape index (κ3) is 1.14. The van der Waals surface area contributed by atoms with Gasteiger partial charge in [-0.3, -0.25) is 4.68 Å². The molecule has 0 aliphatic carbocycles. The molecule has 0 fully saturated rings. The Kier molecular flexibility index (Phi) is 1.91. The van der Waals surface area contributed by atoms with Crippen LogP contribution in [-0.4, -0.2) is 9.78 Å². The van der Waals surface area contributed by atoms with Gasteiger partial charge in [-0.25, -0.2) is 4.39 Å². The summed E-state index contributed by atoms with van der Waals surface area (Å²) in [4.78, 5) is 0. The molecule has 2 rings (SSSR count). The van der Waals surface area contributed by atoms with Gasteiger partial charge in [0.1, 0.15) is 11.9 Å². The first-order valence-electron chi connectivity index (χ1n) is 4.46. The van der Waals surface area contributed by atoms with E-state index in [1.165, 1.54) is 6.92 Å². The molecule has 1 aromatic carbocycles. The second kappa shape index (κ2) is 2.97. The Morgan fingerprint density at radius 1 is 1.50 bits per heavy atom. The summed E-state index contributed by atoms with van der Waals surface area (Å²) < 4.78 is 14.8. The lowest BCUT2D eigenvalue weighted by Gasteiger charge is -1.98. The van der Waals surface area contributed by atoms with E-state index in [2.05, 4.69) is 5.10 Å². The summed E-state index contributed by atoms with van der Waals surface area (Å²) in [7, 11) is 1.77. The van der Waals surface area contributed by atoms with Gasteiger partial charge in [0.15, 0.2) is 0 Å². The molecule has 0 amide bonds.